The van der Waals surface area contributed by atoms with Gasteiger partial charge in [0.1, 0.15) is 10.6 Å². The second-order valence-electron chi connectivity index (χ2n) is 3.71. The van der Waals surface area contributed by atoms with E-state index in [0.717, 1.165) is 0 Å². The molecule has 0 bridgehead atoms. The molecule has 0 aliphatic heterocycles. The second-order valence-corrected chi connectivity index (χ2v) is 4.46. The first-order chi connectivity index (χ1) is 8.91. The molecule has 1 atom stereocenters. The summed E-state index contributed by atoms with van der Waals surface area (Å²) < 4.78 is 0.312. The van der Waals surface area contributed by atoms with Crippen molar-refractivity contribution < 1.29 is 19.5 Å². The van der Waals surface area contributed by atoms with Crippen LogP contribution < -0.4 is 11.1 Å². The summed E-state index contributed by atoms with van der Waals surface area (Å²) in [5.74, 6) is -2.44. The van der Waals surface area contributed by atoms with Crippen LogP contribution in [0.3, 0.4) is 0 Å². The maximum absolute atomic E-state index is 11.9. The van der Waals surface area contributed by atoms with E-state index in [2.05, 4.69) is 26.2 Å². The Morgan fingerprint density at radius 3 is 2.68 bits per heavy atom. The van der Waals surface area contributed by atoms with Crippen LogP contribution in [0.2, 0.25) is 0 Å². The zero-order chi connectivity index (χ0) is 14.4. The first-order valence-electron chi connectivity index (χ1n) is 5.34. The fourth-order valence-corrected chi connectivity index (χ4v) is 1.77. The molecule has 0 aromatic carbocycles. The van der Waals surface area contributed by atoms with Gasteiger partial charge < -0.3 is 16.2 Å². The van der Waals surface area contributed by atoms with Gasteiger partial charge in [-0.3, -0.25) is 9.59 Å². The van der Waals surface area contributed by atoms with Crippen LogP contribution in [-0.2, 0) is 9.59 Å². The van der Waals surface area contributed by atoms with Crippen molar-refractivity contribution in [2.45, 2.75) is 18.9 Å². The highest BCUT2D eigenvalue weighted by molar-refractivity contribution is 9.10. The summed E-state index contributed by atoms with van der Waals surface area (Å²) in [5, 5.41) is 11.3. The Hall–Kier alpha value is -1.96. The van der Waals surface area contributed by atoms with Gasteiger partial charge in [0.25, 0.3) is 5.91 Å². The van der Waals surface area contributed by atoms with Crippen molar-refractivity contribution in [2.24, 2.45) is 5.73 Å². The van der Waals surface area contributed by atoms with Crippen molar-refractivity contribution >= 4 is 33.7 Å². The minimum atomic E-state index is -1.23. The Kier molecular flexibility index (Phi) is 5.43. The minimum Gasteiger partial charge on any atom is -0.480 e. The standard InChI is InChI=1S/C11H12BrN3O4/c12-9-6(2-1-5-14-9)10(17)15-7(11(18)19)3-4-8(13)16/h1-2,5,7H,3-4H2,(H2,13,16)(H,15,17)(H,18,19)/t7-/m1/s1. The summed E-state index contributed by atoms with van der Waals surface area (Å²) in [4.78, 5) is 37.3. The van der Waals surface area contributed by atoms with Crippen LogP contribution in [0, 0.1) is 0 Å². The Bertz CT molecular complexity index is 506. The van der Waals surface area contributed by atoms with E-state index in [4.69, 9.17) is 10.8 Å². The normalized spacial score (nSPS) is 11.6. The first-order valence-corrected chi connectivity index (χ1v) is 6.13. The van der Waals surface area contributed by atoms with E-state index < -0.39 is 23.8 Å². The van der Waals surface area contributed by atoms with Gasteiger partial charge >= 0.3 is 5.97 Å². The molecule has 0 aliphatic carbocycles. The number of nitrogens with one attached hydrogen (secondary N) is 1. The van der Waals surface area contributed by atoms with Crippen molar-refractivity contribution in [3.05, 3.63) is 28.5 Å². The van der Waals surface area contributed by atoms with Crippen molar-refractivity contribution in [2.75, 3.05) is 0 Å². The Morgan fingerprint density at radius 2 is 2.16 bits per heavy atom. The van der Waals surface area contributed by atoms with Crippen molar-refractivity contribution in [1.29, 1.82) is 0 Å². The quantitative estimate of drug-likeness (QED) is 0.647. The third-order valence-corrected chi connectivity index (χ3v) is 2.92. The number of rotatable bonds is 6. The summed E-state index contributed by atoms with van der Waals surface area (Å²) in [6.45, 7) is 0. The molecule has 8 heteroatoms. The van der Waals surface area contributed by atoms with Crippen molar-refractivity contribution in [3.63, 3.8) is 0 Å². The number of halogens is 1. The summed E-state index contributed by atoms with van der Waals surface area (Å²) in [7, 11) is 0. The van der Waals surface area contributed by atoms with Crippen LogP contribution in [0.4, 0.5) is 0 Å². The van der Waals surface area contributed by atoms with Crippen molar-refractivity contribution in [1.82, 2.24) is 10.3 Å². The van der Waals surface area contributed by atoms with Gasteiger partial charge in [0.2, 0.25) is 5.91 Å². The number of primary amides is 1. The average molecular weight is 330 g/mol. The minimum absolute atomic E-state index is 0.0612. The smallest absolute Gasteiger partial charge is 0.326 e. The van der Waals surface area contributed by atoms with Gasteiger partial charge in [0, 0.05) is 12.6 Å². The summed E-state index contributed by atoms with van der Waals surface area (Å²) in [6.07, 6.45) is 1.31. The highest BCUT2D eigenvalue weighted by atomic mass is 79.9. The van der Waals surface area contributed by atoms with Gasteiger partial charge in [-0.05, 0) is 34.5 Å². The Balaban J connectivity index is 2.74. The lowest BCUT2D eigenvalue weighted by molar-refractivity contribution is -0.139. The van der Waals surface area contributed by atoms with Crippen LogP contribution in [0.15, 0.2) is 22.9 Å². The molecule has 1 heterocycles. The highest BCUT2D eigenvalue weighted by Crippen LogP contribution is 2.12. The predicted octanol–water partition coefficient (Wildman–Crippen LogP) is 0.293. The first kappa shape index (κ1) is 15.1. The number of nitrogens with two attached hydrogens (primary N) is 1. The summed E-state index contributed by atoms with van der Waals surface area (Å²) >= 11 is 3.09. The van der Waals surface area contributed by atoms with Gasteiger partial charge in [-0.15, -0.1) is 0 Å². The van der Waals surface area contributed by atoms with E-state index in [-0.39, 0.29) is 18.4 Å². The number of aromatic nitrogens is 1. The van der Waals surface area contributed by atoms with E-state index >= 15 is 0 Å². The fraction of sp³-hybridized carbons (Fsp3) is 0.273. The molecule has 4 N–H and O–H groups in total. The molecule has 0 unspecified atom stereocenters. The molecule has 0 saturated carbocycles. The van der Waals surface area contributed by atoms with Crippen molar-refractivity contribution in [3.8, 4) is 0 Å². The SMILES string of the molecule is NC(=O)CC[C@@H](NC(=O)c1cccnc1Br)C(=O)O. The van der Waals surface area contributed by atoms with E-state index in [0.29, 0.717) is 4.60 Å². The number of aliphatic carboxylic acids is 1. The summed E-state index contributed by atoms with van der Waals surface area (Å²) in [6, 6.07) is 1.88. The lowest BCUT2D eigenvalue weighted by Crippen LogP contribution is -2.41. The van der Waals surface area contributed by atoms with Crippen LogP contribution in [0.25, 0.3) is 0 Å². The fourth-order valence-electron chi connectivity index (χ4n) is 1.34. The Labute approximate surface area is 117 Å². The molecular weight excluding hydrogens is 318 g/mol. The lowest BCUT2D eigenvalue weighted by Gasteiger charge is -2.14. The maximum atomic E-state index is 11.9. The lowest BCUT2D eigenvalue weighted by atomic mass is 10.1. The number of hydrogen-bond donors (Lipinski definition) is 3. The van der Waals surface area contributed by atoms with Gasteiger partial charge in [0.05, 0.1) is 5.56 Å². The molecule has 1 aromatic rings. The van der Waals surface area contributed by atoms with E-state index in [1.54, 1.807) is 6.07 Å². The number of carbonyl (C=O) groups is 3. The molecule has 1 aromatic heterocycles. The zero-order valence-corrected chi connectivity index (χ0v) is 11.4. The van der Waals surface area contributed by atoms with E-state index in [1.165, 1.54) is 12.3 Å². The van der Waals surface area contributed by atoms with Gasteiger partial charge in [-0.1, -0.05) is 0 Å². The van der Waals surface area contributed by atoms with Gasteiger partial charge in [0.15, 0.2) is 0 Å². The highest BCUT2D eigenvalue weighted by Gasteiger charge is 2.22. The number of hydrogen-bond acceptors (Lipinski definition) is 4. The summed E-state index contributed by atoms with van der Waals surface area (Å²) in [5.41, 5.74) is 5.16. The van der Waals surface area contributed by atoms with Crippen LogP contribution >= 0.6 is 15.9 Å². The zero-order valence-electron chi connectivity index (χ0n) is 9.80. The average Bonchev–Trinajstić information content (AvgIpc) is 2.34. The van der Waals surface area contributed by atoms with E-state index in [9.17, 15) is 14.4 Å². The third kappa shape index (κ3) is 4.66. The van der Waals surface area contributed by atoms with E-state index in [1.807, 2.05) is 0 Å². The van der Waals surface area contributed by atoms with Gasteiger partial charge in [-0.25, -0.2) is 9.78 Å². The Morgan fingerprint density at radius 1 is 1.47 bits per heavy atom. The molecule has 1 rings (SSSR count). The largest absolute Gasteiger partial charge is 0.480 e. The maximum Gasteiger partial charge on any atom is 0.326 e. The molecule has 7 nitrogen and oxygen atoms in total. The van der Waals surface area contributed by atoms with Gasteiger partial charge in [-0.2, -0.15) is 0 Å². The van der Waals surface area contributed by atoms with Crippen LogP contribution in [0.5, 0.6) is 0 Å². The number of carbonyl (C=O) groups excluding carboxylic acids is 2. The molecule has 0 spiro atoms. The molecule has 0 fully saturated rings. The van der Waals surface area contributed by atoms with Crippen LogP contribution in [-0.4, -0.2) is 33.9 Å². The number of amides is 2. The number of carboxylic acids is 1. The number of carboxylic acid groups (broad SMARTS) is 1. The molecule has 19 heavy (non-hydrogen) atoms. The molecule has 102 valence electrons. The molecule has 2 amide bonds. The molecular formula is C11H12BrN3O4. The molecule has 0 radical (unpaired) electrons. The number of pyridine rings is 1. The predicted molar refractivity (Wildman–Crippen MR) is 69.3 cm³/mol. The monoisotopic (exact) mass is 329 g/mol. The second kappa shape index (κ2) is 6.83. The molecule has 0 saturated heterocycles. The van der Waals surface area contributed by atoms with Crippen LogP contribution in [0.1, 0.15) is 23.2 Å². The number of nitrogens with zero attached hydrogens (tertiary/aromatic N) is 1. The third-order valence-electron chi connectivity index (χ3n) is 2.29. The molecule has 0 aliphatic rings. The topological polar surface area (TPSA) is 122 Å².